The maximum atomic E-state index is 12.7. The van der Waals surface area contributed by atoms with Gasteiger partial charge in [-0.25, -0.2) is 0 Å². The Hall–Kier alpha value is -2.21. The van der Waals surface area contributed by atoms with E-state index in [1.54, 1.807) is 0 Å². The van der Waals surface area contributed by atoms with E-state index in [1.807, 2.05) is 60.7 Å². The van der Waals surface area contributed by atoms with Crippen molar-refractivity contribution in [2.75, 3.05) is 0 Å². The standard InChI is InChI=1S/C20H19NO3S/c22-15-11-14(12-6-2-1-3-7-12)18(19(15)23)21-20(24)17-10-13-8-4-5-9-16(13)25-17/h1-10,14-15,18-19,22-23H,11H2,(H,21,24)/t14-,15-,18-,19-/m1/s1. The van der Waals surface area contributed by atoms with Crippen molar-refractivity contribution in [3.63, 3.8) is 0 Å². The first kappa shape index (κ1) is 16.3. The molecule has 1 saturated carbocycles. The number of hydrogen-bond acceptors (Lipinski definition) is 4. The van der Waals surface area contributed by atoms with E-state index in [1.165, 1.54) is 11.3 Å². The topological polar surface area (TPSA) is 69.6 Å². The summed E-state index contributed by atoms with van der Waals surface area (Å²) in [6.07, 6.45) is -1.37. The molecule has 4 rings (SSSR count). The van der Waals surface area contributed by atoms with E-state index in [2.05, 4.69) is 5.32 Å². The van der Waals surface area contributed by atoms with Gasteiger partial charge < -0.3 is 15.5 Å². The molecular weight excluding hydrogens is 334 g/mol. The molecule has 25 heavy (non-hydrogen) atoms. The number of rotatable bonds is 3. The highest BCUT2D eigenvalue weighted by molar-refractivity contribution is 7.20. The number of thiophene rings is 1. The third-order valence-corrected chi connectivity index (χ3v) is 5.98. The molecule has 5 heteroatoms. The number of aliphatic hydroxyl groups is 2. The van der Waals surface area contributed by atoms with Gasteiger partial charge in [-0.3, -0.25) is 4.79 Å². The van der Waals surface area contributed by atoms with Gasteiger partial charge in [0.1, 0.15) is 6.10 Å². The summed E-state index contributed by atoms with van der Waals surface area (Å²) in [5, 5.41) is 24.4. The Labute approximate surface area is 149 Å². The summed E-state index contributed by atoms with van der Waals surface area (Å²) in [4.78, 5) is 13.3. The molecular formula is C20H19NO3S. The third-order valence-electron chi connectivity index (χ3n) is 4.87. The highest BCUT2D eigenvalue weighted by atomic mass is 32.1. The lowest BCUT2D eigenvalue weighted by Crippen LogP contribution is -2.45. The molecule has 3 aromatic rings. The largest absolute Gasteiger partial charge is 0.390 e. The number of nitrogens with one attached hydrogen (secondary N) is 1. The van der Waals surface area contributed by atoms with Gasteiger partial charge in [0, 0.05) is 10.6 Å². The molecule has 0 radical (unpaired) electrons. The minimum absolute atomic E-state index is 0.107. The maximum absolute atomic E-state index is 12.7. The van der Waals surface area contributed by atoms with Crippen molar-refractivity contribution in [1.29, 1.82) is 0 Å². The van der Waals surface area contributed by atoms with Crippen molar-refractivity contribution in [3.8, 4) is 0 Å². The van der Waals surface area contributed by atoms with Gasteiger partial charge in [-0.2, -0.15) is 0 Å². The van der Waals surface area contributed by atoms with Crippen LogP contribution in [0, 0.1) is 0 Å². The summed E-state index contributed by atoms with van der Waals surface area (Å²) in [7, 11) is 0. The van der Waals surface area contributed by atoms with Crippen LogP contribution in [0.1, 0.15) is 27.6 Å². The lowest BCUT2D eigenvalue weighted by Gasteiger charge is -2.23. The summed E-state index contributed by atoms with van der Waals surface area (Å²) < 4.78 is 1.05. The van der Waals surface area contributed by atoms with E-state index in [0.717, 1.165) is 15.6 Å². The van der Waals surface area contributed by atoms with E-state index < -0.39 is 18.2 Å². The highest BCUT2D eigenvalue weighted by Crippen LogP contribution is 2.35. The lowest BCUT2D eigenvalue weighted by atomic mass is 9.93. The Morgan fingerprint density at radius 2 is 1.76 bits per heavy atom. The smallest absolute Gasteiger partial charge is 0.261 e. The molecule has 0 unspecified atom stereocenters. The molecule has 0 aliphatic heterocycles. The first-order chi connectivity index (χ1) is 12.1. The molecule has 1 aromatic heterocycles. The summed E-state index contributed by atoms with van der Waals surface area (Å²) >= 11 is 1.43. The first-order valence-corrected chi connectivity index (χ1v) is 9.15. The van der Waals surface area contributed by atoms with Gasteiger partial charge in [-0.15, -0.1) is 11.3 Å². The fourth-order valence-electron chi connectivity index (χ4n) is 3.57. The Morgan fingerprint density at radius 3 is 2.52 bits per heavy atom. The fraction of sp³-hybridized carbons (Fsp3) is 0.250. The first-order valence-electron chi connectivity index (χ1n) is 8.34. The lowest BCUT2D eigenvalue weighted by molar-refractivity contribution is 0.0295. The van der Waals surface area contributed by atoms with Crippen LogP contribution >= 0.6 is 11.3 Å². The van der Waals surface area contributed by atoms with E-state index in [9.17, 15) is 15.0 Å². The van der Waals surface area contributed by atoms with Gasteiger partial charge >= 0.3 is 0 Å². The molecule has 4 atom stereocenters. The summed E-state index contributed by atoms with van der Waals surface area (Å²) in [6, 6.07) is 18.9. The normalized spacial score (nSPS) is 26.0. The molecule has 2 aromatic carbocycles. The highest BCUT2D eigenvalue weighted by Gasteiger charge is 2.43. The van der Waals surface area contributed by atoms with Gasteiger partial charge in [0.15, 0.2) is 0 Å². The van der Waals surface area contributed by atoms with Gasteiger partial charge in [0.2, 0.25) is 0 Å². The molecule has 4 nitrogen and oxygen atoms in total. The average Bonchev–Trinajstić information content (AvgIpc) is 3.19. The third kappa shape index (κ3) is 3.06. The fourth-order valence-corrected chi connectivity index (χ4v) is 4.54. The molecule has 3 N–H and O–H groups in total. The second-order valence-electron chi connectivity index (χ2n) is 6.46. The Balaban J connectivity index is 1.59. The number of hydrogen-bond donors (Lipinski definition) is 3. The SMILES string of the molecule is O=C(N[C@H]1[C@H](O)[C@H](O)C[C@@H]1c1ccccc1)c1cc2ccccc2s1. The molecule has 128 valence electrons. The van der Waals surface area contributed by atoms with Gasteiger partial charge in [0.25, 0.3) is 5.91 Å². The van der Waals surface area contributed by atoms with Crippen LogP contribution in [0.25, 0.3) is 10.1 Å². The Kier molecular flexibility index (Phi) is 4.29. The van der Waals surface area contributed by atoms with Crippen LogP contribution in [-0.4, -0.2) is 34.4 Å². The quantitative estimate of drug-likeness (QED) is 0.678. The van der Waals surface area contributed by atoms with Gasteiger partial charge in [0.05, 0.1) is 17.0 Å². The predicted octanol–water partition coefficient (Wildman–Crippen LogP) is 2.91. The van der Waals surface area contributed by atoms with Crippen molar-refractivity contribution < 1.29 is 15.0 Å². The van der Waals surface area contributed by atoms with Crippen LogP contribution in [0.15, 0.2) is 60.7 Å². The zero-order valence-corrected chi connectivity index (χ0v) is 14.3. The summed E-state index contributed by atoms with van der Waals surface area (Å²) in [6.45, 7) is 0. The maximum Gasteiger partial charge on any atom is 0.261 e. The van der Waals surface area contributed by atoms with Crippen molar-refractivity contribution in [2.45, 2.75) is 30.6 Å². The van der Waals surface area contributed by atoms with Crippen LogP contribution in [0.2, 0.25) is 0 Å². The summed E-state index contributed by atoms with van der Waals surface area (Å²) in [5.41, 5.74) is 1.01. The van der Waals surface area contributed by atoms with Crippen LogP contribution < -0.4 is 5.32 Å². The van der Waals surface area contributed by atoms with Crippen molar-refractivity contribution >= 4 is 27.3 Å². The molecule has 1 amide bonds. The zero-order valence-electron chi connectivity index (χ0n) is 13.5. The second-order valence-corrected chi connectivity index (χ2v) is 7.54. The number of carbonyl (C=O) groups excluding carboxylic acids is 1. The average molecular weight is 353 g/mol. The number of carbonyl (C=O) groups is 1. The van der Waals surface area contributed by atoms with Crippen molar-refractivity contribution in [2.24, 2.45) is 0 Å². The minimum Gasteiger partial charge on any atom is -0.390 e. The van der Waals surface area contributed by atoms with Gasteiger partial charge in [-0.05, 0) is 29.5 Å². The number of aliphatic hydroxyl groups excluding tert-OH is 2. The van der Waals surface area contributed by atoms with Crippen LogP contribution in [0.3, 0.4) is 0 Å². The van der Waals surface area contributed by atoms with Crippen LogP contribution in [0.5, 0.6) is 0 Å². The number of fused-ring (bicyclic) bond motifs is 1. The molecule has 0 bridgehead atoms. The van der Waals surface area contributed by atoms with E-state index in [-0.39, 0.29) is 11.8 Å². The molecule has 1 aliphatic rings. The van der Waals surface area contributed by atoms with Crippen LogP contribution in [0.4, 0.5) is 0 Å². The molecule has 1 aliphatic carbocycles. The Bertz CT molecular complexity index is 859. The number of amides is 1. The van der Waals surface area contributed by atoms with Crippen molar-refractivity contribution in [3.05, 3.63) is 71.1 Å². The monoisotopic (exact) mass is 353 g/mol. The predicted molar refractivity (Wildman–Crippen MR) is 98.9 cm³/mol. The van der Waals surface area contributed by atoms with Crippen molar-refractivity contribution in [1.82, 2.24) is 5.32 Å². The van der Waals surface area contributed by atoms with E-state index >= 15 is 0 Å². The van der Waals surface area contributed by atoms with Gasteiger partial charge in [-0.1, -0.05) is 48.5 Å². The second kappa shape index (κ2) is 6.59. The molecule has 0 spiro atoms. The number of benzene rings is 2. The molecule has 1 fully saturated rings. The summed E-state index contributed by atoms with van der Waals surface area (Å²) in [5.74, 6) is -0.315. The molecule has 1 heterocycles. The van der Waals surface area contributed by atoms with E-state index in [0.29, 0.717) is 11.3 Å². The minimum atomic E-state index is -0.969. The zero-order chi connectivity index (χ0) is 17.4. The Morgan fingerprint density at radius 1 is 1.04 bits per heavy atom. The molecule has 0 saturated heterocycles. The van der Waals surface area contributed by atoms with E-state index in [4.69, 9.17) is 0 Å². The van der Waals surface area contributed by atoms with Crippen LogP contribution in [-0.2, 0) is 0 Å².